The molecule has 5 nitrogen and oxygen atoms in total. The molecule has 1 N–H and O–H groups in total. The van der Waals surface area contributed by atoms with Gasteiger partial charge in [-0.2, -0.15) is 0 Å². The Kier molecular flexibility index (Phi) is 5.19. The average molecular weight is 328 g/mol. The molecule has 0 aliphatic carbocycles. The summed E-state index contributed by atoms with van der Waals surface area (Å²) in [4.78, 5) is 19.5. The first-order valence-electron chi connectivity index (χ1n) is 9.05. The van der Waals surface area contributed by atoms with Crippen molar-refractivity contribution in [3.05, 3.63) is 30.1 Å². The van der Waals surface area contributed by atoms with Gasteiger partial charge < -0.3 is 9.88 Å². The first-order valence-corrected chi connectivity index (χ1v) is 9.05. The zero-order chi connectivity index (χ0) is 17.1. The van der Waals surface area contributed by atoms with Crippen LogP contribution in [0.1, 0.15) is 39.4 Å². The van der Waals surface area contributed by atoms with Gasteiger partial charge in [0.1, 0.15) is 5.82 Å². The minimum atomic E-state index is 0.0978. The summed E-state index contributed by atoms with van der Waals surface area (Å²) in [5.74, 6) is 1.39. The monoisotopic (exact) mass is 328 g/mol. The maximum atomic E-state index is 12.3. The number of carbonyl (C=O) groups is 1. The Hall–Kier alpha value is -1.88. The SMILES string of the molecule is CCn1c(CN2CCC[C@H](C(=O)NC(C)C)C2)nc2ccccc21. The van der Waals surface area contributed by atoms with E-state index in [1.807, 2.05) is 19.9 Å². The number of aromatic nitrogens is 2. The second kappa shape index (κ2) is 7.34. The summed E-state index contributed by atoms with van der Waals surface area (Å²) < 4.78 is 2.28. The third kappa shape index (κ3) is 3.61. The van der Waals surface area contributed by atoms with Crippen molar-refractivity contribution in [2.24, 2.45) is 5.92 Å². The number of rotatable bonds is 5. The number of aryl methyl sites for hydroxylation is 1. The van der Waals surface area contributed by atoms with E-state index in [0.717, 1.165) is 50.4 Å². The molecule has 5 heteroatoms. The first kappa shape index (κ1) is 17.0. The van der Waals surface area contributed by atoms with Crippen molar-refractivity contribution in [1.29, 1.82) is 0 Å². The van der Waals surface area contributed by atoms with E-state index in [4.69, 9.17) is 4.98 Å². The second-order valence-corrected chi connectivity index (χ2v) is 7.00. The Balaban J connectivity index is 1.73. The van der Waals surface area contributed by atoms with Gasteiger partial charge in [0, 0.05) is 19.1 Å². The number of hydrogen-bond acceptors (Lipinski definition) is 3. The molecule has 1 aromatic heterocycles. The Labute approximate surface area is 144 Å². The van der Waals surface area contributed by atoms with E-state index < -0.39 is 0 Å². The van der Waals surface area contributed by atoms with Crippen molar-refractivity contribution in [2.75, 3.05) is 13.1 Å². The molecule has 0 unspecified atom stereocenters. The van der Waals surface area contributed by atoms with Crippen LogP contribution in [-0.2, 0) is 17.9 Å². The molecule has 1 aliphatic rings. The number of amides is 1. The fraction of sp³-hybridized carbons (Fsp3) is 0.579. The number of para-hydroxylation sites is 2. The zero-order valence-electron chi connectivity index (χ0n) is 15.0. The zero-order valence-corrected chi connectivity index (χ0v) is 15.0. The molecular weight excluding hydrogens is 300 g/mol. The lowest BCUT2D eigenvalue weighted by Gasteiger charge is -2.32. The van der Waals surface area contributed by atoms with Crippen molar-refractivity contribution in [2.45, 2.75) is 52.7 Å². The summed E-state index contributed by atoms with van der Waals surface area (Å²) in [6.07, 6.45) is 2.06. The predicted molar refractivity (Wildman–Crippen MR) is 96.7 cm³/mol. The van der Waals surface area contributed by atoms with Crippen LogP contribution in [0.5, 0.6) is 0 Å². The number of fused-ring (bicyclic) bond motifs is 1. The Morgan fingerprint density at radius 1 is 1.38 bits per heavy atom. The highest BCUT2D eigenvalue weighted by molar-refractivity contribution is 5.79. The molecule has 0 spiro atoms. The number of benzene rings is 1. The van der Waals surface area contributed by atoms with Crippen LogP contribution < -0.4 is 5.32 Å². The molecule has 1 amide bonds. The number of piperidine rings is 1. The molecule has 0 saturated carbocycles. The fourth-order valence-corrected chi connectivity index (χ4v) is 3.61. The van der Waals surface area contributed by atoms with Crippen molar-refractivity contribution in [3.63, 3.8) is 0 Å². The van der Waals surface area contributed by atoms with Crippen LogP contribution >= 0.6 is 0 Å². The number of nitrogens with one attached hydrogen (secondary N) is 1. The van der Waals surface area contributed by atoms with Crippen molar-refractivity contribution < 1.29 is 4.79 Å². The molecule has 0 radical (unpaired) electrons. The minimum absolute atomic E-state index is 0.0978. The van der Waals surface area contributed by atoms with Crippen LogP contribution in [0, 0.1) is 5.92 Å². The van der Waals surface area contributed by atoms with E-state index in [-0.39, 0.29) is 17.9 Å². The number of carbonyl (C=O) groups excluding carboxylic acids is 1. The predicted octanol–water partition coefficient (Wildman–Crippen LogP) is 2.79. The molecule has 130 valence electrons. The number of likely N-dealkylation sites (tertiary alicyclic amines) is 1. The van der Waals surface area contributed by atoms with Crippen LogP contribution in [0.2, 0.25) is 0 Å². The number of nitrogens with zero attached hydrogens (tertiary/aromatic N) is 3. The van der Waals surface area contributed by atoms with Gasteiger partial charge in [0.15, 0.2) is 0 Å². The van der Waals surface area contributed by atoms with E-state index in [1.54, 1.807) is 0 Å². The lowest BCUT2D eigenvalue weighted by molar-refractivity contribution is -0.127. The quantitative estimate of drug-likeness (QED) is 0.918. The van der Waals surface area contributed by atoms with Gasteiger partial charge in [-0.1, -0.05) is 12.1 Å². The summed E-state index contributed by atoms with van der Waals surface area (Å²) in [7, 11) is 0. The van der Waals surface area contributed by atoms with E-state index in [2.05, 4.69) is 39.9 Å². The highest BCUT2D eigenvalue weighted by Crippen LogP contribution is 2.21. The highest BCUT2D eigenvalue weighted by atomic mass is 16.2. The van der Waals surface area contributed by atoms with Crippen LogP contribution in [0.15, 0.2) is 24.3 Å². The van der Waals surface area contributed by atoms with Gasteiger partial charge in [-0.3, -0.25) is 9.69 Å². The molecule has 1 fully saturated rings. The van der Waals surface area contributed by atoms with Gasteiger partial charge in [-0.25, -0.2) is 4.98 Å². The van der Waals surface area contributed by atoms with Gasteiger partial charge in [0.25, 0.3) is 0 Å². The summed E-state index contributed by atoms with van der Waals surface area (Å²) in [6, 6.07) is 8.50. The normalized spacial score (nSPS) is 19.1. The lowest BCUT2D eigenvalue weighted by Crippen LogP contribution is -2.44. The second-order valence-electron chi connectivity index (χ2n) is 7.00. The molecule has 2 aromatic rings. The summed E-state index contributed by atoms with van der Waals surface area (Å²) in [5.41, 5.74) is 2.25. The van der Waals surface area contributed by atoms with Gasteiger partial charge in [-0.15, -0.1) is 0 Å². The van der Waals surface area contributed by atoms with Crippen molar-refractivity contribution in [1.82, 2.24) is 19.8 Å². The topological polar surface area (TPSA) is 50.2 Å². The van der Waals surface area contributed by atoms with Crippen molar-refractivity contribution in [3.8, 4) is 0 Å². The molecule has 1 atom stereocenters. The standard InChI is InChI=1S/C19H28N4O/c1-4-23-17-10-6-5-9-16(17)21-18(23)13-22-11-7-8-15(12-22)19(24)20-14(2)3/h5-6,9-10,14-15H,4,7-8,11-13H2,1-3H3,(H,20,24)/t15-/m0/s1. The largest absolute Gasteiger partial charge is 0.354 e. The molecule has 1 aliphatic heterocycles. The van der Waals surface area contributed by atoms with Crippen LogP contribution in [0.3, 0.4) is 0 Å². The average Bonchev–Trinajstić information content (AvgIpc) is 2.91. The molecule has 2 heterocycles. The minimum Gasteiger partial charge on any atom is -0.354 e. The van der Waals surface area contributed by atoms with Crippen molar-refractivity contribution >= 4 is 16.9 Å². The maximum Gasteiger partial charge on any atom is 0.224 e. The summed E-state index contributed by atoms with van der Waals surface area (Å²) in [6.45, 7) is 9.79. The number of imidazole rings is 1. The molecule has 1 aromatic carbocycles. The van der Waals surface area contributed by atoms with Gasteiger partial charge >= 0.3 is 0 Å². The molecule has 1 saturated heterocycles. The Morgan fingerprint density at radius 2 is 2.17 bits per heavy atom. The van der Waals surface area contributed by atoms with E-state index in [1.165, 1.54) is 5.52 Å². The fourth-order valence-electron chi connectivity index (χ4n) is 3.61. The lowest BCUT2D eigenvalue weighted by atomic mass is 9.97. The summed E-state index contributed by atoms with van der Waals surface area (Å²) in [5, 5.41) is 3.05. The van der Waals surface area contributed by atoms with Gasteiger partial charge in [0.05, 0.1) is 23.5 Å². The van der Waals surface area contributed by atoms with Crippen LogP contribution in [0.25, 0.3) is 11.0 Å². The third-order valence-electron chi connectivity index (χ3n) is 4.72. The maximum absolute atomic E-state index is 12.3. The Bertz CT molecular complexity index is 706. The molecular formula is C19H28N4O. The van der Waals surface area contributed by atoms with Gasteiger partial charge in [-0.05, 0) is 52.3 Å². The first-order chi connectivity index (χ1) is 11.6. The van der Waals surface area contributed by atoms with E-state index in [0.29, 0.717) is 0 Å². The Morgan fingerprint density at radius 3 is 2.92 bits per heavy atom. The van der Waals surface area contributed by atoms with Crippen LogP contribution in [-0.4, -0.2) is 39.5 Å². The molecule has 0 bridgehead atoms. The van der Waals surface area contributed by atoms with E-state index in [9.17, 15) is 4.79 Å². The van der Waals surface area contributed by atoms with E-state index >= 15 is 0 Å². The number of hydrogen-bond donors (Lipinski definition) is 1. The highest BCUT2D eigenvalue weighted by Gasteiger charge is 2.27. The molecule has 3 rings (SSSR count). The van der Waals surface area contributed by atoms with Crippen LogP contribution in [0.4, 0.5) is 0 Å². The smallest absolute Gasteiger partial charge is 0.224 e. The molecule has 24 heavy (non-hydrogen) atoms. The van der Waals surface area contributed by atoms with Gasteiger partial charge in [0.2, 0.25) is 5.91 Å². The third-order valence-corrected chi connectivity index (χ3v) is 4.72. The summed E-state index contributed by atoms with van der Waals surface area (Å²) >= 11 is 0.